The molecule has 20 atom stereocenters. The van der Waals surface area contributed by atoms with E-state index < -0.39 is 147 Å². The Balaban J connectivity index is 1.51. The monoisotopic (exact) mass is 744 g/mol. The zero-order chi connectivity index (χ0) is 38.2. The van der Waals surface area contributed by atoms with Gasteiger partial charge < -0.3 is 118 Å². The van der Waals surface area contributed by atoms with Gasteiger partial charge >= 0.3 is 0 Å². The van der Waals surface area contributed by atoms with Crippen molar-refractivity contribution < 1.29 is 118 Å². The Morgan fingerprint density at radius 1 is 0.471 bits per heavy atom. The average molecular weight is 745 g/mol. The molecule has 24 nitrogen and oxygen atoms in total. The fourth-order valence-corrected chi connectivity index (χ4v) is 6.07. The normalized spacial score (nSPS) is 47.7. The topological polar surface area (TPSA) is 396 Å². The summed E-state index contributed by atoms with van der Waals surface area (Å²) in [6.07, 6.45) is -43.5. The Kier molecular flexibility index (Phi) is 13.3. The third-order valence-corrected chi connectivity index (χ3v) is 8.80. The lowest BCUT2D eigenvalue weighted by Crippen LogP contribution is -2.70. The SMILES string of the molecule is CC[C@@H]1O[C@@H](C(=O)[O-])[C@@H](O[C@@H]2OC(C(=O)[O-])[C@@H](O[C@@H]3OC(C(=O)[O-])[C@@H](O[C@@H]4OC(C(=O)[O-])[C@@H](OC)[C@@H](O)C4O)C(O)C3O)C(O)[C@H]2O)C(O)C1O. The van der Waals surface area contributed by atoms with Crippen LogP contribution < -0.4 is 20.4 Å². The lowest BCUT2D eigenvalue weighted by atomic mass is 9.93. The second kappa shape index (κ2) is 16.5. The molecule has 4 heterocycles. The molecule has 0 aliphatic carbocycles. The van der Waals surface area contributed by atoms with Gasteiger partial charge in [0.2, 0.25) is 0 Å². The summed E-state index contributed by atoms with van der Waals surface area (Å²) in [5.41, 5.74) is 0. The quantitative estimate of drug-likeness (QED) is 0.0919. The predicted octanol–water partition coefficient (Wildman–Crippen LogP) is -12.6. The number of carbonyl (C=O) groups excluding carboxylic acids is 4. The van der Waals surface area contributed by atoms with E-state index in [1.807, 2.05) is 0 Å². The van der Waals surface area contributed by atoms with Crippen LogP contribution in [-0.4, -0.2) is 194 Å². The average Bonchev–Trinajstić information content (AvgIpc) is 3.07. The Morgan fingerprint density at radius 2 is 0.745 bits per heavy atom. The molecule has 0 aromatic rings. The molecule has 0 radical (unpaired) electrons. The highest BCUT2D eigenvalue weighted by atomic mass is 16.8. The molecule has 0 aromatic carbocycles. The zero-order valence-corrected chi connectivity index (χ0v) is 26.4. The number of methoxy groups -OCH3 is 1. The van der Waals surface area contributed by atoms with Crippen molar-refractivity contribution in [2.75, 3.05) is 7.11 Å². The fraction of sp³-hybridized carbons (Fsp3) is 0.852. The van der Waals surface area contributed by atoms with E-state index in [2.05, 4.69) is 0 Å². The van der Waals surface area contributed by atoms with Gasteiger partial charge in [-0.15, -0.1) is 0 Å². The van der Waals surface area contributed by atoms with Crippen LogP contribution in [0.3, 0.4) is 0 Å². The molecule has 4 aliphatic rings. The third kappa shape index (κ3) is 8.10. The molecule has 4 aliphatic heterocycles. The number of aliphatic hydroxyl groups excluding tert-OH is 8. The van der Waals surface area contributed by atoms with Gasteiger partial charge in [0, 0.05) is 7.11 Å². The number of aliphatic carboxylic acids is 4. The molecule has 292 valence electrons. The van der Waals surface area contributed by atoms with Crippen LogP contribution in [0.2, 0.25) is 0 Å². The number of hydrogen-bond donors (Lipinski definition) is 8. The van der Waals surface area contributed by atoms with E-state index >= 15 is 0 Å². The summed E-state index contributed by atoms with van der Waals surface area (Å²) in [5, 5.41) is 132. The molecule has 0 amide bonds. The van der Waals surface area contributed by atoms with Crippen molar-refractivity contribution in [3.63, 3.8) is 0 Å². The van der Waals surface area contributed by atoms with Crippen molar-refractivity contribution in [3.05, 3.63) is 0 Å². The van der Waals surface area contributed by atoms with E-state index in [0.717, 1.165) is 7.11 Å². The van der Waals surface area contributed by atoms with E-state index in [0.29, 0.717) is 0 Å². The van der Waals surface area contributed by atoms with Gasteiger partial charge in [0.1, 0.15) is 97.7 Å². The van der Waals surface area contributed by atoms with Crippen molar-refractivity contribution in [2.24, 2.45) is 0 Å². The maximum atomic E-state index is 12.1. The molecule has 0 aromatic heterocycles. The van der Waals surface area contributed by atoms with Crippen molar-refractivity contribution >= 4 is 23.9 Å². The molecule has 0 spiro atoms. The highest BCUT2D eigenvalue weighted by Crippen LogP contribution is 2.34. The van der Waals surface area contributed by atoms with E-state index in [1.165, 1.54) is 6.92 Å². The first-order valence-corrected chi connectivity index (χ1v) is 15.2. The number of carboxylic acid groups (broad SMARTS) is 4. The minimum Gasteiger partial charge on any atom is -0.547 e. The molecule has 4 fully saturated rings. The summed E-state index contributed by atoms with van der Waals surface area (Å²) in [4.78, 5) is 47.3. The van der Waals surface area contributed by atoms with Crippen molar-refractivity contribution in [2.45, 2.75) is 136 Å². The van der Waals surface area contributed by atoms with Crippen LogP contribution in [-0.2, 0) is 57.1 Å². The number of aliphatic hydroxyl groups is 8. The predicted molar refractivity (Wildman–Crippen MR) is 138 cm³/mol. The highest BCUT2D eigenvalue weighted by molar-refractivity contribution is 5.72. The van der Waals surface area contributed by atoms with Gasteiger partial charge in [0.05, 0.1) is 30.0 Å². The van der Waals surface area contributed by atoms with E-state index in [9.17, 15) is 80.5 Å². The van der Waals surface area contributed by atoms with E-state index in [4.69, 9.17) is 37.9 Å². The van der Waals surface area contributed by atoms with Gasteiger partial charge in [0.25, 0.3) is 0 Å². The Morgan fingerprint density at radius 3 is 1.04 bits per heavy atom. The zero-order valence-electron chi connectivity index (χ0n) is 26.4. The second-order valence-corrected chi connectivity index (χ2v) is 12.0. The summed E-state index contributed by atoms with van der Waals surface area (Å²) >= 11 is 0. The highest BCUT2D eigenvalue weighted by Gasteiger charge is 2.56. The van der Waals surface area contributed by atoms with Crippen molar-refractivity contribution in [3.8, 4) is 0 Å². The summed E-state index contributed by atoms with van der Waals surface area (Å²) in [6.45, 7) is 1.49. The van der Waals surface area contributed by atoms with Crippen LogP contribution in [0, 0.1) is 0 Å². The van der Waals surface area contributed by atoms with Gasteiger partial charge in [-0.3, -0.25) is 0 Å². The fourth-order valence-electron chi connectivity index (χ4n) is 6.07. The molecule has 0 saturated carbocycles. The summed E-state index contributed by atoms with van der Waals surface area (Å²) in [5.74, 6) is -8.31. The third-order valence-electron chi connectivity index (χ3n) is 8.80. The molecule has 24 heteroatoms. The molecule has 4 saturated heterocycles. The van der Waals surface area contributed by atoms with E-state index in [1.54, 1.807) is 0 Å². The number of hydrogen-bond acceptors (Lipinski definition) is 24. The number of rotatable bonds is 12. The number of carbonyl (C=O) groups is 4. The number of carboxylic acids is 4. The molecule has 9 unspecified atom stereocenters. The summed E-state index contributed by atoms with van der Waals surface area (Å²) < 4.78 is 40.9. The Bertz CT molecular complexity index is 1250. The van der Waals surface area contributed by atoms with Crippen LogP contribution >= 0.6 is 0 Å². The maximum absolute atomic E-state index is 12.1. The maximum Gasteiger partial charge on any atom is 0.187 e. The molecular weight excluding hydrogens is 708 g/mol. The van der Waals surface area contributed by atoms with Gasteiger partial charge in [0.15, 0.2) is 18.9 Å². The summed E-state index contributed by atoms with van der Waals surface area (Å²) in [7, 11) is 0.961. The van der Waals surface area contributed by atoms with E-state index in [-0.39, 0.29) is 6.42 Å². The van der Waals surface area contributed by atoms with Crippen LogP contribution in [0.4, 0.5) is 0 Å². The molecule has 51 heavy (non-hydrogen) atoms. The van der Waals surface area contributed by atoms with Crippen LogP contribution in [0.5, 0.6) is 0 Å². The lowest BCUT2D eigenvalue weighted by Gasteiger charge is -2.49. The van der Waals surface area contributed by atoms with Crippen LogP contribution in [0.25, 0.3) is 0 Å². The Hall–Kier alpha value is -2.76. The van der Waals surface area contributed by atoms with Gasteiger partial charge in [-0.05, 0) is 6.42 Å². The van der Waals surface area contributed by atoms with Crippen molar-refractivity contribution in [1.29, 1.82) is 0 Å². The standard InChI is InChI=1S/C27H40O24/c1-3-4-5(28)6(29)14(18(45-4)22(38)39)46-26-11(34)8(31)16(20(50-26)24(42)43)48-27-12(35)9(32)15(19(51-27)23(40)41)47-25-10(33)7(30)13(44-2)17(49-25)21(36)37/h4-20,25-35H,3H2,1-2H3,(H,36,37)(H,38,39)(H,40,41)(H,42,43)/p-4/t4-,5?,6?,7-,8?,9?,10?,11+,12?,13-,14-,15-,16-,17?,18+,19?,20?,25+,26+,27+/m0/s1. The van der Waals surface area contributed by atoms with Gasteiger partial charge in [-0.2, -0.15) is 0 Å². The molecular formula is C27H36O24-4. The smallest absolute Gasteiger partial charge is 0.187 e. The lowest BCUT2D eigenvalue weighted by molar-refractivity contribution is -0.400. The molecule has 0 bridgehead atoms. The minimum atomic E-state index is -2.52. The molecule has 8 N–H and O–H groups in total. The largest absolute Gasteiger partial charge is 0.547 e. The first-order chi connectivity index (χ1) is 23.9. The first-order valence-electron chi connectivity index (χ1n) is 15.2. The van der Waals surface area contributed by atoms with Crippen molar-refractivity contribution in [1.82, 2.24) is 0 Å². The van der Waals surface area contributed by atoms with Gasteiger partial charge in [-0.1, -0.05) is 6.92 Å². The van der Waals surface area contributed by atoms with Gasteiger partial charge in [-0.25, -0.2) is 0 Å². The number of ether oxygens (including phenoxy) is 8. The van der Waals surface area contributed by atoms with Crippen LogP contribution in [0.15, 0.2) is 0 Å². The molecule has 4 rings (SSSR count). The summed E-state index contributed by atoms with van der Waals surface area (Å²) in [6, 6.07) is 0. The first kappa shape index (κ1) is 41.0. The van der Waals surface area contributed by atoms with Crippen LogP contribution in [0.1, 0.15) is 13.3 Å². The Labute approximate surface area is 285 Å². The second-order valence-electron chi connectivity index (χ2n) is 12.0. The minimum absolute atomic E-state index is 0.0222.